The summed E-state index contributed by atoms with van der Waals surface area (Å²) in [5.74, 6) is 5.70. The summed E-state index contributed by atoms with van der Waals surface area (Å²) in [4.78, 5) is 24.8. The fraction of sp³-hybridized carbons (Fsp3) is 0.800. The molecule has 0 heterocycles. The van der Waals surface area contributed by atoms with Gasteiger partial charge in [0.15, 0.2) is 11.4 Å². The number of hydrogen-bond acceptors (Lipinski definition) is 3. The Morgan fingerprint density at radius 3 is 2.55 bits per heavy atom. The van der Waals surface area contributed by atoms with Crippen molar-refractivity contribution in [2.24, 2.45) is 29.1 Å². The number of rotatable bonds is 9. The summed E-state index contributed by atoms with van der Waals surface area (Å²) < 4.78 is 6.24. The second kappa shape index (κ2) is 10.4. The molecule has 4 aliphatic carbocycles. The number of carbonyl (C=O) groups is 2. The summed E-state index contributed by atoms with van der Waals surface area (Å²) >= 11 is 0. The Kier molecular flexibility index (Phi) is 7.72. The first-order chi connectivity index (χ1) is 15.9. The Labute approximate surface area is 201 Å². The maximum Gasteiger partial charge on any atom is 0.307 e. The first-order valence-corrected chi connectivity index (χ1v) is 13.9. The van der Waals surface area contributed by atoms with E-state index < -0.39 is 5.60 Å². The van der Waals surface area contributed by atoms with Crippen molar-refractivity contribution in [2.75, 3.05) is 0 Å². The van der Waals surface area contributed by atoms with E-state index in [1.807, 2.05) is 6.08 Å². The average molecular weight is 453 g/mol. The smallest absolute Gasteiger partial charge is 0.307 e. The summed E-state index contributed by atoms with van der Waals surface area (Å²) in [6, 6.07) is 0. The monoisotopic (exact) mass is 452 g/mol. The lowest BCUT2D eigenvalue weighted by atomic mass is 9.50. The molecule has 0 radical (unpaired) electrons. The van der Waals surface area contributed by atoms with Crippen molar-refractivity contribution in [3.05, 3.63) is 11.6 Å². The molecule has 4 rings (SSSR count). The number of allylic oxidation sites excluding steroid dienone is 1. The Morgan fingerprint density at radius 2 is 1.79 bits per heavy atom. The Balaban J connectivity index is 1.37. The highest BCUT2D eigenvalue weighted by atomic mass is 16.6. The first-order valence-electron chi connectivity index (χ1n) is 13.9. The van der Waals surface area contributed by atoms with Crippen LogP contribution in [0.5, 0.6) is 0 Å². The van der Waals surface area contributed by atoms with Gasteiger partial charge < -0.3 is 4.74 Å². The molecule has 0 bridgehead atoms. The molecule has 3 fully saturated rings. The number of carbonyl (C=O) groups excluding carboxylic acids is 2. The van der Waals surface area contributed by atoms with Gasteiger partial charge in [0.2, 0.25) is 0 Å². The molecule has 0 saturated heterocycles. The summed E-state index contributed by atoms with van der Waals surface area (Å²) in [7, 11) is 0. The van der Waals surface area contributed by atoms with E-state index in [-0.39, 0.29) is 11.4 Å². The van der Waals surface area contributed by atoms with Crippen molar-refractivity contribution in [3.8, 4) is 12.3 Å². The van der Waals surface area contributed by atoms with Crippen LogP contribution in [0.2, 0.25) is 0 Å². The van der Waals surface area contributed by atoms with Gasteiger partial charge in [-0.25, -0.2) is 0 Å². The van der Waals surface area contributed by atoms with Crippen LogP contribution in [-0.4, -0.2) is 17.4 Å². The first kappa shape index (κ1) is 24.6. The summed E-state index contributed by atoms with van der Waals surface area (Å²) in [6.07, 6.45) is 25.0. The number of fused-ring (bicyclic) bond motifs is 5. The predicted octanol–water partition coefficient (Wildman–Crippen LogP) is 7.18. The number of ketones is 1. The standard InChI is InChI=1S/C30H44O3/c1-4-6-7-8-9-10-11-12-28(32)33-30(5-2)20-18-27-26-15-13-22-21-23(31)14-16-24(22)25(26)17-19-29(27,30)3/h2,21,24-27H,4,6-20H2,1,3H3/t24-,25+,26+,27-,29-,30-/m0/s1. The molecule has 33 heavy (non-hydrogen) atoms. The van der Waals surface area contributed by atoms with Crippen molar-refractivity contribution in [1.82, 2.24) is 0 Å². The largest absolute Gasteiger partial charge is 0.445 e. The van der Waals surface area contributed by atoms with Crippen LogP contribution < -0.4 is 0 Å². The minimum atomic E-state index is -0.737. The molecular formula is C30H44O3. The topological polar surface area (TPSA) is 43.4 Å². The van der Waals surface area contributed by atoms with Crippen LogP contribution >= 0.6 is 0 Å². The molecule has 0 aliphatic heterocycles. The zero-order chi connectivity index (χ0) is 23.5. The van der Waals surface area contributed by atoms with E-state index in [0.717, 1.165) is 57.8 Å². The highest BCUT2D eigenvalue weighted by molar-refractivity contribution is 5.91. The number of unbranched alkanes of at least 4 members (excludes halogenated alkanes) is 6. The van der Waals surface area contributed by atoms with Gasteiger partial charge in [0.25, 0.3) is 0 Å². The van der Waals surface area contributed by atoms with Gasteiger partial charge in [-0.05, 0) is 81.1 Å². The maximum absolute atomic E-state index is 12.9. The normalized spacial score (nSPS) is 37.4. The van der Waals surface area contributed by atoms with E-state index in [1.165, 1.54) is 37.7 Å². The number of ether oxygens (including phenoxy) is 1. The van der Waals surface area contributed by atoms with Crippen LogP contribution in [0, 0.1) is 41.4 Å². The third-order valence-electron chi connectivity index (χ3n) is 9.93. The minimum Gasteiger partial charge on any atom is -0.445 e. The quantitative estimate of drug-likeness (QED) is 0.211. The number of esters is 1. The van der Waals surface area contributed by atoms with E-state index in [4.69, 9.17) is 11.2 Å². The molecule has 0 aromatic heterocycles. The van der Waals surface area contributed by atoms with E-state index in [0.29, 0.717) is 42.3 Å². The lowest BCUT2D eigenvalue weighted by Crippen LogP contribution is -2.53. The Hall–Kier alpha value is -1.56. The molecule has 0 unspecified atom stereocenters. The minimum absolute atomic E-state index is 0.0924. The lowest BCUT2D eigenvalue weighted by Gasteiger charge is -2.55. The van der Waals surface area contributed by atoms with Gasteiger partial charge in [-0.2, -0.15) is 0 Å². The molecule has 0 amide bonds. The van der Waals surface area contributed by atoms with E-state index in [2.05, 4.69) is 19.8 Å². The van der Waals surface area contributed by atoms with Crippen molar-refractivity contribution in [3.63, 3.8) is 0 Å². The van der Waals surface area contributed by atoms with Gasteiger partial charge in [0.05, 0.1) is 0 Å². The van der Waals surface area contributed by atoms with Crippen molar-refractivity contribution in [1.29, 1.82) is 0 Å². The third-order valence-corrected chi connectivity index (χ3v) is 9.93. The lowest BCUT2D eigenvalue weighted by molar-refractivity contribution is -0.170. The van der Waals surface area contributed by atoms with E-state index >= 15 is 0 Å². The van der Waals surface area contributed by atoms with Crippen LogP contribution in [0.3, 0.4) is 0 Å². The van der Waals surface area contributed by atoms with Crippen LogP contribution in [0.25, 0.3) is 0 Å². The van der Waals surface area contributed by atoms with Gasteiger partial charge in [-0.1, -0.05) is 63.9 Å². The second-order valence-electron chi connectivity index (χ2n) is 11.6. The number of terminal acetylenes is 1. The second-order valence-corrected chi connectivity index (χ2v) is 11.6. The number of hydrogen-bond donors (Lipinski definition) is 0. The molecule has 6 atom stereocenters. The van der Waals surface area contributed by atoms with Gasteiger partial charge in [0.1, 0.15) is 0 Å². The molecular weight excluding hydrogens is 408 g/mol. The molecule has 0 N–H and O–H groups in total. The molecule has 3 saturated carbocycles. The Morgan fingerprint density at radius 1 is 1.03 bits per heavy atom. The van der Waals surface area contributed by atoms with Crippen molar-refractivity contribution >= 4 is 11.8 Å². The molecule has 3 nitrogen and oxygen atoms in total. The van der Waals surface area contributed by atoms with Crippen LogP contribution in [0.15, 0.2) is 11.6 Å². The fourth-order valence-electron chi connectivity index (χ4n) is 8.09. The van der Waals surface area contributed by atoms with E-state index in [1.54, 1.807) is 0 Å². The summed E-state index contributed by atoms with van der Waals surface area (Å²) in [5, 5.41) is 0. The highest BCUT2D eigenvalue weighted by Crippen LogP contribution is 2.65. The SMILES string of the molecule is C#C[C@]1(OC(=O)CCCCCCCCC)CC[C@H]2[C@@H]3CCC4=CC(=O)CC[C@@H]4[C@H]3CC[C@@]21C. The van der Waals surface area contributed by atoms with Crippen LogP contribution in [-0.2, 0) is 14.3 Å². The van der Waals surface area contributed by atoms with Crippen molar-refractivity contribution in [2.45, 2.75) is 122 Å². The van der Waals surface area contributed by atoms with Crippen LogP contribution in [0.1, 0.15) is 117 Å². The van der Waals surface area contributed by atoms with Gasteiger partial charge in [0, 0.05) is 18.3 Å². The zero-order valence-corrected chi connectivity index (χ0v) is 21.0. The Bertz CT molecular complexity index is 804. The predicted molar refractivity (Wildman–Crippen MR) is 132 cm³/mol. The molecule has 0 aromatic rings. The highest BCUT2D eigenvalue weighted by Gasteiger charge is 2.64. The third kappa shape index (κ3) is 4.69. The average Bonchev–Trinajstić information content (AvgIpc) is 3.10. The van der Waals surface area contributed by atoms with Gasteiger partial charge in [-0.15, -0.1) is 6.42 Å². The summed E-state index contributed by atoms with van der Waals surface area (Å²) in [6.45, 7) is 4.55. The molecule has 3 heteroatoms. The van der Waals surface area contributed by atoms with Crippen molar-refractivity contribution < 1.29 is 14.3 Å². The molecule has 182 valence electrons. The molecule has 4 aliphatic rings. The fourth-order valence-corrected chi connectivity index (χ4v) is 8.09. The van der Waals surface area contributed by atoms with Crippen LogP contribution in [0.4, 0.5) is 0 Å². The maximum atomic E-state index is 12.9. The molecule has 0 aromatic carbocycles. The molecule has 0 spiro atoms. The van der Waals surface area contributed by atoms with Gasteiger partial charge >= 0.3 is 5.97 Å². The van der Waals surface area contributed by atoms with E-state index in [9.17, 15) is 9.59 Å². The van der Waals surface area contributed by atoms with Gasteiger partial charge in [-0.3, -0.25) is 9.59 Å². The summed E-state index contributed by atoms with van der Waals surface area (Å²) in [5.41, 5.74) is 0.558. The zero-order valence-electron chi connectivity index (χ0n) is 21.0.